The fourth-order valence-electron chi connectivity index (χ4n) is 3.19. The molecule has 0 saturated heterocycles. The molecule has 2 aromatic carbocycles. The molecule has 0 aliphatic rings. The minimum absolute atomic E-state index is 0.610. The first-order chi connectivity index (χ1) is 14.7. The van der Waals surface area contributed by atoms with Gasteiger partial charge in [-0.1, -0.05) is 36.4 Å². The number of aromatic nitrogens is 3. The largest absolute Gasteiger partial charge is 0.496 e. The van der Waals surface area contributed by atoms with Crippen molar-refractivity contribution in [2.75, 3.05) is 20.2 Å². The molecule has 1 heterocycles. The standard InChI is InChI=1S/C23H30N6O/c1-4-25-23(26-11-10-19-9-8-18(2)22(13-19)30-3)27-14-20-6-5-7-21(12-20)15-29-17-24-16-28-29/h5-9,12-13,16-17H,4,10-11,14-15H2,1-3H3,(H2,25,26,27). The van der Waals surface area contributed by atoms with Crippen molar-refractivity contribution in [3.8, 4) is 5.75 Å². The van der Waals surface area contributed by atoms with Gasteiger partial charge in [-0.15, -0.1) is 0 Å². The van der Waals surface area contributed by atoms with E-state index in [1.54, 1.807) is 19.8 Å². The summed E-state index contributed by atoms with van der Waals surface area (Å²) < 4.78 is 7.23. The Morgan fingerprint density at radius 3 is 2.73 bits per heavy atom. The van der Waals surface area contributed by atoms with Crippen molar-refractivity contribution in [2.45, 2.75) is 33.4 Å². The van der Waals surface area contributed by atoms with Crippen LogP contribution < -0.4 is 15.4 Å². The van der Waals surface area contributed by atoms with E-state index in [1.807, 2.05) is 4.68 Å². The van der Waals surface area contributed by atoms with Crippen molar-refractivity contribution in [1.29, 1.82) is 0 Å². The molecular formula is C23H30N6O. The number of aliphatic imine (C=N–C) groups is 1. The molecule has 7 heteroatoms. The van der Waals surface area contributed by atoms with Gasteiger partial charge in [0.1, 0.15) is 18.4 Å². The first kappa shape index (κ1) is 21.4. The Hall–Kier alpha value is -3.35. The average Bonchev–Trinajstić information content (AvgIpc) is 3.26. The molecule has 3 aromatic rings. The molecule has 2 N–H and O–H groups in total. The summed E-state index contributed by atoms with van der Waals surface area (Å²) >= 11 is 0. The molecule has 0 saturated carbocycles. The number of rotatable bonds is 9. The van der Waals surface area contributed by atoms with Crippen LogP contribution >= 0.6 is 0 Å². The molecule has 0 aliphatic heterocycles. The van der Waals surface area contributed by atoms with Crippen molar-refractivity contribution in [1.82, 2.24) is 25.4 Å². The second-order valence-corrected chi connectivity index (χ2v) is 7.09. The van der Waals surface area contributed by atoms with Crippen LogP contribution in [0.2, 0.25) is 0 Å². The number of guanidine groups is 1. The highest BCUT2D eigenvalue weighted by Gasteiger charge is 2.03. The van der Waals surface area contributed by atoms with Crippen molar-refractivity contribution in [3.05, 3.63) is 77.4 Å². The van der Waals surface area contributed by atoms with Gasteiger partial charge in [-0.25, -0.2) is 14.7 Å². The van der Waals surface area contributed by atoms with Crippen molar-refractivity contribution in [2.24, 2.45) is 4.99 Å². The van der Waals surface area contributed by atoms with Crippen LogP contribution in [-0.2, 0) is 19.5 Å². The van der Waals surface area contributed by atoms with Crippen LogP contribution in [-0.4, -0.2) is 40.9 Å². The number of nitrogens with zero attached hydrogens (tertiary/aromatic N) is 4. The summed E-state index contributed by atoms with van der Waals surface area (Å²) in [5.41, 5.74) is 4.73. The molecule has 0 radical (unpaired) electrons. The average molecular weight is 407 g/mol. The van der Waals surface area contributed by atoms with Gasteiger partial charge in [0.25, 0.3) is 0 Å². The molecule has 158 valence electrons. The van der Waals surface area contributed by atoms with Gasteiger partial charge in [0.15, 0.2) is 5.96 Å². The van der Waals surface area contributed by atoms with Crippen LogP contribution in [0, 0.1) is 6.92 Å². The molecular weight excluding hydrogens is 376 g/mol. The zero-order valence-corrected chi connectivity index (χ0v) is 17.9. The number of hydrogen-bond acceptors (Lipinski definition) is 4. The van der Waals surface area contributed by atoms with Crippen LogP contribution in [0.4, 0.5) is 0 Å². The van der Waals surface area contributed by atoms with E-state index in [9.17, 15) is 0 Å². The van der Waals surface area contributed by atoms with Crippen molar-refractivity contribution < 1.29 is 4.74 Å². The van der Waals surface area contributed by atoms with Gasteiger partial charge >= 0.3 is 0 Å². The summed E-state index contributed by atoms with van der Waals surface area (Å²) in [6.07, 6.45) is 4.17. The Balaban J connectivity index is 1.56. The molecule has 0 unspecified atom stereocenters. The lowest BCUT2D eigenvalue weighted by molar-refractivity contribution is 0.411. The highest BCUT2D eigenvalue weighted by Crippen LogP contribution is 2.19. The summed E-state index contributed by atoms with van der Waals surface area (Å²) in [6, 6.07) is 14.7. The second kappa shape index (κ2) is 11.0. The van der Waals surface area contributed by atoms with Gasteiger partial charge in [-0.05, 0) is 48.6 Å². The highest BCUT2D eigenvalue weighted by molar-refractivity contribution is 5.79. The van der Waals surface area contributed by atoms with E-state index in [-0.39, 0.29) is 0 Å². The van der Waals surface area contributed by atoms with E-state index >= 15 is 0 Å². The third kappa shape index (κ3) is 6.34. The predicted molar refractivity (Wildman–Crippen MR) is 120 cm³/mol. The normalized spacial score (nSPS) is 11.4. The zero-order valence-electron chi connectivity index (χ0n) is 17.9. The summed E-state index contributed by atoms with van der Waals surface area (Å²) in [5, 5.41) is 10.9. The predicted octanol–water partition coefficient (Wildman–Crippen LogP) is 2.94. The first-order valence-corrected chi connectivity index (χ1v) is 10.2. The maximum atomic E-state index is 5.42. The number of methoxy groups -OCH3 is 1. The van der Waals surface area contributed by atoms with Gasteiger partial charge in [0, 0.05) is 13.1 Å². The van der Waals surface area contributed by atoms with Crippen LogP contribution in [0.25, 0.3) is 0 Å². The van der Waals surface area contributed by atoms with Crippen molar-refractivity contribution >= 4 is 5.96 Å². The first-order valence-electron chi connectivity index (χ1n) is 10.2. The van der Waals surface area contributed by atoms with Gasteiger partial charge in [0.2, 0.25) is 0 Å². The quantitative estimate of drug-likeness (QED) is 0.422. The van der Waals surface area contributed by atoms with E-state index < -0.39 is 0 Å². The van der Waals surface area contributed by atoms with Gasteiger partial charge < -0.3 is 15.4 Å². The maximum absolute atomic E-state index is 5.42. The van der Waals surface area contributed by atoms with Crippen LogP contribution in [0.3, 0.4) is 0 Å². The van der Waals surface area contributed by atoms with Gasteiger partial charge in [-0.3, -0.25) is 0 Å². The molecule has 0 spiro atoms. The SMILES string of the molecule is CCNC(=NCc1cccc(Cn2cncn2)c1)NCCc1ccc(C)c(OC)c1. The van der Waals surface area contributed by atoms with Crippen LogP contribution in [0.1, 0.15) is 29.2 Å². The van der Waals surface area contributed by atoms with E-state index in [0.29, 0.717) is 13.1 Å². The monoisotopic (exact) mass is 406 g/mol. The maximum Gasteiger partial charge on any atom is 0.191 e. The van der Waals surface area contributed by atoms with E-state index in [4.69, 9.17) is 9.73 Å². The van der Waals surface area contributed by atoms with Crippen molar-refractivity contribution in [3.63, 3.8) is 0 Å². The number of hydrogen-bond donors (Lipinski definition) is 2. The molecule has 3 rings (SSSR count). The molecule has 0 aliphatic carbocycles. The number of ether oxygens (including phenoxy) is 1. The summed E-state index contributed by atoms with van der Waals surface area (Å²) in [7, 11) is 1.71. The Morgan fingerprint density at radius 2 is 1.97 bits per heavy atom. The molecule has 0 fully saturated rings. The molecule has 0 amide bonds. The number of benzene rings is 2. The molecule has 0 bridgehead atoms. The Morgan fingerprint density at radius 1 is 1.10 bits per heavy atom. The summed E-state index contributed by atoms with van der Waals surface area (Å²) in [6.45, 7) is 7.05. The Labute approximate surface area is 178 Å². The Bertz CT molecular complexity index is 952. The fourth-order valence-corrected chi connectivity index (χ4v) is 3.19. The van der Waals surface area contributed by atoms with Gasteiger partial charge in [0.05, 0.1) is 20.2 Å². The Kier molecular flexibility index (Phi) is 7.83. The minimum atomic E-state index is 0.610. The summed E-state index contributed by atoms with van der Waals surface area (Å²) in [4.78, 5) is 8.73. The van der Waals surface area contributed by atoms with Gasteiger partial charge in [-0.2, -0.15) is 5.10 Å². The highest BCUT2D eigenvalue weighted by atomic mass is 16.5. The third-order valence-corrected chi connectivity index (χ3v) is 4.75. The molecule has 30 heavy (non-hydrogen) atoms. The second-order valence-electron chi connectivity index (χ2n) is 7.09. The van der Waals surface area contributed by atoms with Crippen LogP contribution in [0.15, 0.2) is 60.1 Å². The topological polar surface area (TPSA) is 76.4 Å². The molecule has 7 nitrogen and oxygen atoms in total. The smallest absolute Gasteiger partial charge is 0.191 e. The lowest BCUT2D eigenvalue weighted by Gasteiger charge is -2.12. The van der Waals surface area contributed by atoms with E-state index in [0.717, 1.165) is 42.3 Å². The fraction of sp³-hybridized carbons (Fsp3) is 0.348. The molecule has 1 aromatic heterocycles. The van der Waals surface area contributed by atoms with E-state index in [1.165, 1.54) is 11.1 Å². The summed E-state index contributed by atoms with van der Waals surface area (Å²) in [5.74, 6) is 1.75. The lowest BCUT2D eigenvalue weighted by atomic mass is 10.1. The number of nitrogens with one attached hydrogen (secondary N) is 2. The number of aryl methyl sites for hydroxylation is 1. The van der Waals surface area contributed by atoms with Crippen LogP contribution in [0.5, 0.6) is 5.75 Å². The molecule has 0 atom stereocenters. The minimum Gasteiger partial charge on any atom is -0.496 e. The lowest BCUT2D eigenvalue weighted by Crippen LogP contribution is -2.38. The third-order valence-electron chi connectivity index (χ3n) is 4.75. The van der Waals surface area contributed by atoms with E-state index in [2.05, 4.69) is 77.0 Å². The zero-order chi connectivity index (χ0) is 21.2.